The minimum atomic E-state index is 0.497. The highest BCUT2D eigenvalue weighted by atomic mass is 16.4. The molecule has 0 atom stereocenters. The van der Waals surface area contributed by atoms with Gasteiger partial charge in [0.25, 0.3) is 0 Å². The van der Waals surface area contributed by atoms with Gasteiger partial charge in [-0.15, -0.1) is 10.2 Å². The Kier molecular flexibility index (Phi) is 9.18. The van der Waals surface area contributed by atoms with Crippen LogP contribution in [0.1, 0.15) is 0 Å². The number of aromatic nitrogens is 2. The predicted molar refractivity (Wildman–Crippen MR) is 239 cm³/mol. The Labute approximate surface area is 338 Å². The van der Waals surface area contributed by atoms with Gasteiger partial charge in [0.2, 0.25) is 11.8 Å². The Morgan fingerprint density at radius 3 is 1.26 bits per heavy atom. The molecule has 10 rings (SSSR count). The van der Waals surface area contributed by atoms with Crippen molar-refractivity contribution in [3.63, 3.8) is 0 Å². The molecule has 10 aromatic rings. The van der Waals surface area contributed by atoms with Crippen LogP contribution in [0, 0.1) is 0 Å². The summed E-state index contributed by atoms with van der Waals surface area (Å²) in [5.74, 6) is 1.00. The summed E-state index contributed by atoms with van der Waals surface area (Å²) in [6.45, 7) is 0. The van der Waals surface area contributed by atoms with Gasteiger partial charge in [-0.1, -0.05) is 158 Å². The van der Waals surface area contributed by atoms with E-state index in [4.69, 9.17) is 4.42 Å². The SMILES string of the molecule is c1ccc(-c2nnc(-c3ccc(-c4ccccc4-c4ccccc4-c4ccc(N(c5ccccc5)c5ccc(-c6ccc7ccccc7c6)cc5)cc4)cc3)o2)cc1. The van der Waals surface area contributed by atoms with Crippen molar-refractivity contribution < 1.29 is 4.42 Å². The highest BCUT2D eigenvalue weighted by molar-refractivity contribution is 5.93. The van der Waals surface area contributed by atoms with Gasteiger partial charge in [-0.3, -0.25) is 0 Å². The Bertz CT molecular complexity index is 2970. The topological polar surface area (TPSA) is 42.2 Å². The van der Waals surface area contributed by atoms with Crippen molar-refractivity contribution in [1.82, 2.24) is 10.2 Å². The first-order chi connectivity index (χ1) is 28.7. The van der Waals surface area contributed by atoms with Crippen LogP contribution in [-0.2, 0) is 0 Å². The molecule has 0 aliphatic rings. The van der Waals surface area contributed by atoms with E-state index in [1.165, 1.54) is 33.0 Å². The van der Waals surface area contributed by atoms with Crippen molar-refractivity contribution in [2.75, 3.05) is 4.90 Å². The summed E-state index contributed by atoms with van der Waals surface area (Å²) in [7, 11) is 0. The molecule has 4 heteroatoms. The summed E-state index contributed by atoms with van der Waals surface area (Å²) in [4.78, 5) is 2.32. The maximum Gasteiger partial charge on any atom is 0.248 e. The normalized spacial score (nSPS) is 11.1. The van der Waals surface area contributed by atoms with E-state index in [-0.39, 0.29) is 0 Å². The number of nitrogens with zero attached hydrogens (tertiary/aromatic N) is 3. The molecule has 9 aromatic carbocycles. The van der Waals surface area contributed by atoms with E-state index >= 15 is 0 Å². The van der Waals surface area contributed by atoms with Crippen LogP contribution in [0.3, 0.4) is 0 Å². The molecule has 274 valence electrons. The second-order valence-electron chi connectivity index (χ2n) is 14.3. The lowest BCUT2D eigenvalue weighted by molar-refractivity contribution is 0.584. The number of anilines is 3. The molecule has 0 amide bonds. The average molecular weight is 744 g/mol. The molecule has 0 spiro atoms. The zero-order valence-electron chi connectivity index (χ0n) is 31.6. The van der Waals surface area contributed by atoms with Crippen LogP contribution in [0.5, 0.6) is 0 Å². The molecule has 0 aliphatic heterocycles. The molecule has 4 nitrogen and oxygen atoms in total. The van der Waals surface area contributed by atoms with Crippen LogP contribution in [-0.4, -0.2) is 10.2 Å². The molecule has 0 fully saturated rings. The van der Waals surface area contributed by atoms with Crippen LogP contribution < -0.4 is 4.90 Å². The third-order valence-corrected chi connectivity index (χ3v) is 10.7. The van der Waals surface area contributed by atoms with Gasteiger partial charge in [-0.05, 0) is 122 Å². The first-order valence-electron chi connectivity index (χ1n) is 19.5. The number of hydrogen-bond donors (Lipinski definition) is 0. The van der Waals surface area contributed by atoms with Gasteiger partial charge in [0.05, 0.1) is 0 Å². The molecule has 0 saturated heterocycles. The van der Waals surface area contributed by atoms with Crippen LogP contribution in [0.25, 0.3) is 78.2 Å². The van der Waals surface area contributed by atoms with Gasteiger partial charge in [0, 0.05) is 28.2 Å². The van der Waals surface area contributed by atoms with Gasteiger partial charge in [0.1, 0.15) is 0 Å². The van der Waals surface area contributed by atoms with E-state index in [9.17, 15) is 0 Å². The highest BCUT2D eigenvalue weighted by Crippen LogP contribution is 2.41. The molecule has 0 bridgehead atoms. The molecule has 0 N–H and O–H groups in total. The van der Waals surface area contributed by atoms with Crippen LogP contribution in [0.15, 0.2) is 229 Å². The molecule has 0 aliphatic carbocycles. The van der Waals surface area contributed by atoms with E-state index < -0.39 is 0 Å². The smallest absolute Gasteiger partial charge is 0.248 e. The molecule has 58 heavy (non-hydrogen) atoms. The monoisotopic (exact) mass is 743 g/mol. The Morgan fingerprint density at radius 2 is 0.672 bits per heavy atom. The van der Waals surface area contributed by atoms with Gasteiger partial charge in [-0.2, -0.15) is 0 Å². The Balaban J connectivity index is 0.950. The number of benzene rings is 9. The van der Waals surface area contributed by atoms with Gasteiger partial charge < -0.3 is 9.32 Å². The van der Waals surface area contributed by atoms with Crippen molar-refractivity contribution >= 4 is 27.8 Å². The fourth-order valence-corrected chi connectivity index (χ4v) is 7.76. The second-order valence-corrected chi connectivity index (χ2v) is 14.3. The maximum absolute atomic E-state index is 6.04. The number of fused-ring (bicyclic) bond motifs is 1. The first-order valence-corrected chi connectivity index (χ1v) is 19.5. The Hall–Kier alpha value is -7.82. The summed E-state index contributed by atoms with van der Waals surface area (Å²) in [5, 5.41) is 11.1. The van der Waals surface area contributed by atoms with E-state index in [1.807, 2.05) is 30.3 Å². The molecular weight excluding hydrogens is 707 g/mol. The summed E-state index contributed by atoms with van der Waals surface area (Å²) >= 11 is 0. The van der Waals surface area contributed by atoms with E-state index in [0.29, 0.717) is 11.8 Å². The lowest BCUT2D eigenvalue weighted by atomic mass is 9.89. The molecule has 1 aromatic heterocycles. The summed E-state index contributed by atoms with van der Waals surface area (Å²) < 4.78 is 6.04. The van der Waals surface area contributed by atoms with Gasteiger partial charge in [0.15, 0.2) is 0 Å². The third kappa shape index (κ3) is 6.84. The molecule has 0 saturated carbocycles. The molecule has 0 radical (unpaired) electrons. The summed E-state index contributed by atoms with van der Waals surface area (Å²) in [5.41, 5.74) is 14.4. The number of rotatable bonds is 9. The van der Waals surface area contributed by atoms with Gasteiger partial charge >= 0.3 is 0 Å². The van der Waals surface area contributed by atoms with Crippen molar-refractivity contribution in [2.24, 2.45) is 0 Å². The number of hydrogen-bond acceptors (Lipinski definition) is 4. The third-order valence-electron chi connectivity index (χ3n) is 10.7. The summed E-state index contributed by atoms with van der Waals surface area (Å²) in [6.07, 6.45) is 0. The van der Waals surface area contributed by atoms with Crippen molar-refractivity contribution in [3.8, 4) is 67.4 Å². The molecular formula is C54H37N3O. The van der Waals surface area contributed by atoms with Crippen molar-refractivity contribution in [1.29, 1.82) is 0 Å². The van der Waals surface area contributed by atoms with Gasteiger partial charge in [-0.25, -0.2) is 0 Å². The van der Waals surface area contributed by atoms with Crippen molar-refractivity contribution in [2.45, 2.75) is 0 Å². The highest BCUT2D eigenvalue weighted by Gasteiger charge is 2.17. The fourth-order valence-electron chi connectivity index (χ4n) is 7.76. The van der Waals surface area contributed by atoms with Crippen LogP contribution in [0.2, 0.25) is 0 Å². The zero-order valence-corrected chi connectivity index (χ0v) is 31.6. The maximum atomic E-state index is 6.04. The standard InChI is InChI=1S/C54H37N3O/c1-3-14-42(15-4-1)53-55-56-54(58-53)43-26-24-40(25-27-43)49-19-9-11-21-51(49)52-22-12-10-20-50(52)41-31-35-48(36-32-41)57(46-17-5-2-6-18-46)47-33-29-39(30-34-47)45-28-23-38-13-7-8-16-44(38)37-45/h1-37H. The van der Waals surface area contributed by atoms with E-state index in [1.54, 1.807) is 0 Å². The second kappa shape index (κ2) is 15.4. The predicted octanol–water partition coefficient (Wildman–Crippen LogP) is 14.7. The Morgan fingerprint density at radius 1 is 0.276 bits per heavy atom. The zero-order chi connectivity index (χ0) is 38.7. The molecule has 0 unspecified atom stereocenters. The number of para-hydroxylation sites is 1. The summed E-state index contributed by atoms with van der Waals surface area (Å²) in [6, 6.07) is 79.0. The minimum Gasteiger partial charge on any atom is -0.416 e. The van der Waals surface area contributed by atoms with E-state index in [2.05, 4.69) is 209 Å². The van der Waals surface area contributed by atoms with E-state index in [0.717, 1.165) is 50.4 Å². The lowest BCUT2D eigenvalue weighted by Crippen LogP contribution is -2.09. The largest absolute Gasteiger partial charge is 0.416 e. The van der Waals surface area contributed by atoms with Crippen LogP contribution >= 0.6 is 0 Å². The van der Waals surface area contributed by atoms with Crippen LogP contribution in [0.4, 0.5) is 17.1 Å². The average Bonchev–Trinajstić information content (AvgIpc) is 3.81. The molecule has 1 heterocycles. The lowest BCUT2D eigenvalue weighted by Gasteiger charge is -2.26. The first kappa shape index (κ1) is 34.7. The van der Waals surface area contributed by atoms with Crippen molar-refractivity contribution in [3.05, 3.63) is 224 Å². The minimum absolute atomic E-state index is 0.497. The fraction of sp³-hybridized carbons (Fsp3) is 0. The quantitative estimate of drug-likeness (QED) is 0.148.